The van der Waals surface area contributed by atoms with Crippen LogP contribution in [0.3, 0.4) is 0 Å². The monoisotopic (exact) mass is 1100 g/mol. The Morgan fingerprint density at radius 3 is 1.36 bits per heavy atom. The number of carbonyl (C=O) groups excluding carboxylic acids is 3. The van der Waals surface area contributed by atoms with Crippen LogP contribution in [0.1, 0.15) is 181 Å². The second-order valence-corrected chi connectivity index (χ2v) is 23.3. The maximum atomic E-state index is 13.3. The lowest BCUT2D eigenvalue weighted by atomic mass is 9.85. The van der Waals surface area contributed by atoms with E-state index >= 15 is 0 Å². The highest BCUT2D eigenvalue weighted by Gasteiger charge is 2.59. The van der Waals surface area contributed by atoms with Gasteiger partial charge in [0.1, 0.15) is 42.7 Å². The van der Waals surface area contributed by atoms with E-state index < -0.39 is 99.0 Å². The van der Waals surface area contributed by atoms with Crippen molar-refractivity contribution in [3.63, 3.8) is 0 Å². The molecule has 0 spiro atoms. The van der Waals surface area contributed by atoms with Gasteiger partial charge in [-0.05, 0) is 25.7 Å². The molecule has 23 nitrogen and oxygen atoms in total. The molecule has 408 valence electrons. The molecule has 0 aromatic rings. The molecule has 0 aliphatic heterocycles. The van der Waals surface area contributed by atoms with Gasteiger partial charge in [0.05, 0.1) is 19.6 Å². The molecule has 1 aliphatic carbocycles. The zero-order valence-corrected chi connectivity index (χ0v) is 44.4. The molecule has 69 heavy (non-hydrogen) atoms. The van der Waals surface area contributed by atoms with Gasteiger partial charge in [0.2, 0.25) is 0 Å². The van der Waals surface area contributed by atoms with E-state index in [0.29, 0.717) is 25.7 Å². The van der Waals surface area contributed by atoms with E-state index in [0.717, 1.165) is 89.2 Å². The van der Waals surface area contributed by atoms with Crippen LogP contribution in [0.5, 0.6) is 0 Å². The number of unbranched alkanes of at least 4 members (excludes halogenated alkanes) is 20. The number of hydrogen-bond acceptors (Lipinski definition) is 17. The molecule has 1 saturated carbocycles. The van der Waals surface area contributed by atoms with Crippen LogP contribution in [0.2, 0.25) is 0 Å². The van der Waals surface area contributed by atoms with E-state index in [9.17, 15) is 77.1 Å². The van der Waals surface area contributed by atoms with E-state index in [-0.39, 0.29) is 18.1 Å². The Kier molecular flexibility index (Phi) is 34.9. The van der Waals surface area contributed by atoms with Crippen molar-refractivity contribution in [3.05, 3.63) is 0 Å². The predicted molar refractivity (Wildman–Crippen MR) is 253 cm³/mol. The summed E-state index contributed by atoms with van der Waals surface area (Å²) < 4.78 is 82.1. The summed E-state index contributed by atoms with van der Waals surface area (Å²) in [4.78, 5) is 105. The van der Waals surface area contributed by atoms with E-state index in [1.807, 2.05) is 6.92 Å². The van der Waals surface area contributed by atoms with E-state index in [1.165, 1.54) is 56.7 Å². The molecule has 0 radical (unpaired) electrons. The largest absolute Gasteiger partial charge is 0.472 e. The van der Waals surface area contributed by atoms with Gasteiger partial charge in [0.25, 0.3) is 0 Å². The van der Waals surface area contributed by atoms with Crippen molar-refractivity contribution in [1.82, 2.24) is 0 Å². The topological polar surface area (TPSA) is 366 Å². The summed E-state index contributed by atoms with van der Waals surface area (Å²) in [6.07, 6.45) is 4.93. The fourth-order valence-corrected chi connectivity index (χ4v) is 11.1. The molecule has 9 N–H and O–H groups in total. The highest BCUT2D eigenvalue weighted by molar-refractivity contribution is 8.13. The average Bonchev–Trinajstić information content (AvgIpc) is 3.24. The molecule has 4 unspecified atom stereocenters. The molecule has 1 fully saturated rings. The summed E-state index contributed by atoms with van der Waals surface area (Å²) >= 11 is 1.40. The van der Waals surface area contributed by atoms with Crippen LogP contribution < -0.4 is 0 Å². The highest BCUT2D eigenvalue weighted by atomic mass is 32.2. The van der Waals surface area contributed by atoms with Gasteiger partial charge in [-0.3, -0.25) is 37.0 Å². The summed E-state index contributed by atoms with van der Waals surface area (Å²) in [5.41, 5.74) is 0. The molecule has 8 atom stereocenters. The third-order valence-electron chi connectivity index (χ3n) is 10.9. The van der Waals surface area contributed by atoms with Crippen molar-refractivity contribution in [2.75, 3.05) is 19.0 Å². The molecule has 0 amide bonds. The maximum Gasteiger partial charge on any atom is 0.472 e. The van der Waals surface area contributed by atoms with Crippen LogP contribution in [-0.2, 0) is 64.7 Å². The lowest BCUT2D eigenvalue weighted by molar-refractivity contribution is -0.209. The van der Waals surface area contributed by atoms with E-state index in [4.69, 9.17) is 18.5 Å². The van der Waals surface area contributed by atoms with Crippen molar-refractivity contribution < 1.29 is 109 Å². The highest BCUT2D eigenvalue weighted by Crippen LogP contribution is 2.53. The number of phosphoric ester groups is 4. The first kappa shape index (κ1) is 66.3. The van der Waals surface area contributed by atoms with Crippen molar-refractivity contribution in [2.24, 2.45) is 0 Å². The van der Waals surface area contributed by atoms with Gasteiger partial charge >= 0.3 is 43.2 Å². The number of ether oxygens (including phenoxy) is 2. The lowest BCUT2D eigenvalue weighted by Crippen LogP contribution is -2.65. The molecule has 28 heteroatoms. The Labute approximate surface area is 410 Å². The van der Waals surface area contributed by atoms with Crippen LogP contribution in [0, 0.1) is 0 Å². The van der Waals surface area contributed by atoms with Crippen LogP contribution in [-0.4, -0.2) is 123 Å². The van der Waals surface area contributed by atoms with Gasteiger partial charge in [-0.2, -0.15) is 0 Å². The molecule has 0 bridgehead atoms. The second kappa shape index (κ2) is 36.3. The molecular weight excluding hydrogens is 1020 g/mol. The third-order valence-corrected chi connectivity index (χ3v) is 14.5. The van der Waals surface area contributed by atoms with Gasteiger partial charge in [-0.15, -0.1) is 0 Å². The second-order valence-electron chi connectivity index (χ2n) is 17.2. The lowest BCUT2D eigenvalue weighted by Gasteiger charge is -2.45. The fourth-order valence-electron chi connectivity index (χ4n) is 7.48. The van der Waals surface area contributed by atoms with Crippen molar-refractivity contribution in [2.45, 2.75) is 224 Å². The van der Waals surface area contributed by atoms with Gasteiger partial charge in [0.15, 0.2) is 5.12 Å². The molecule has 1 rings (SSSR count). The zero-order chi connectivity index (χ0) is 51.9. The first-order valence-corrected chi connectivity index (χ1v) is 31.2. The standard InChI is InChI=1S/C41H80O23P4S/c1-3-5-6-7-8-9-10-11-12-14-17-20-23-27-33(42)60-32(30-34(43)58-28-24-21-18-15-13-16-19-22-25-29-69-35(44)26-4-2)31-59-68(56,57)64-38-36(45)39(61-65(47,48)49)41(63-67(53,54)55)40(37(38)46)62-66(50,51)52/h32,36-41,45-46H,3-31H2,1-2H3,(H,56,57)(H2,47,48,49)(H2,50,51,52)(H2,53,54,55)/t32-,36-,37?,38?,39-,40+,41?/m1/s1. The number of carbonyl (C=O) groups is 3. The molecule has 1 aliphatic rings. The van der Waals surface area contributed by atoms with Crippen LogP contribution in [0.4, 0.5) is 0 Å². The predicted octanol–water partition coefficient (Wildman–Crippen LogP) is 7.55. The van der Waals surface area contributed by atoms with Crippen LogP contribution in [0.15, 0.2) is 0 Å². The quantitative estimate of drug-likeness (QED) is 0.0162. The van der Waals surface area contributed by atoms with E-state index in [2.05, 4.69) is 20.5 Å². The first-order chi connectivity index (χ1) is 32.4. The Hall–Kier alpha value is -0.680. The first-order valence-electron chi connectivity index (χ1n) is 24.1. The summed E-state index contributed by atoms with van der Waals surface area (Å²) in [6.45, 7) is 3.15. The fraction of sp³-hybridized carbons (Fsp3) is 0.927. The number of aliphatic hydroxyl groups excluding tert-OH is 2. The maximum absolute atomic E-state index is 13.3. The average molecular weight is 1100 g/mol. The summed E-state index contributed by atoms with van der Waals surface area (Å²) in [5.74, 6) is -0.794. The Morgan fingerprint density at radius 2 is 0.913 bits per heavy atom. The van der Waals surface area contributed by atoms with Gasteiger partial charge in [0, 0.05) is 18.6 Å². The van der Waals surface area contributed by atoms with Crippen molar-refractivity contribution in [1.29, 1.82) is 0 Å². The van der Waals surface area contributed by atoms with Crippen molar-refractivity contribution >= 4 is 60.1 Å². The number of esters is 2. The molecular formula is C41H80O23P4S. The van der Waals surface area contributed by atoms with Gasteiger partial charge < -0.3 is 53.9 Å². The third kappa shape index (κ3) is 34.4. The molecule has 0 aromatic carbocycles. The van der Waals surface area contributed by atoms with Gasteiger partial charge in [-0.25, -0.2) is 18.3 Å². The molecule has 0 saturated heterocycles. The van der Waals surface area contributed by atoms with Crippen molar-refractivity contribution in [3.8, 4) is 0 Å². The minimum atomic E-state index is -5.80. The summed E-state index contributed by atoms with van der Waals surface area (Å²) in [5, 5.41) is 22.1. The number of aliphatic hydroxyl groups is 2. The molecule has 0 aromatic heterocycles. The Morgan fingerprint density at radius 1 is 0.493 bits per heavy atom. The minimum absolute atomic E-state index is 0.0230. The number of thioether (sulfide) groups is 1. The zero-order valence-electron chi connectivity index (χ0n) is 40.0. The number of hydrogen-bond donors (Lipinski definition) is 9. The summed E-state index contributed by atoms with van der Waals surface area (Å²) in [6, 6.07) is 0. The summed E-state index contributed by atoms with van der Waals surface area (Å²) in [7, 11) is -23.1. The number of phosphoric acid groups is 4. The van der Waals surface area contributed by atoms with Crippen LogP contribution >= 0.6 is 43.1 Å². The van der Waals surface area contributed by atoms with Gasteiger partial charge in [-0.1, -0.05) is 148 Å². The number of rotatable bonds is 42. The SMILES string of the molecule is CCCCCCCCCCCCCCCC(=O)O[C@@H](COP(=O)(O)OC1C(O)[C@H](OP(=O)(O)O)C(OP(=O)(O)O)[C@H](OP(=O)(O)O)[C@@H]1O)CC(=O)OCCCCCCCCCCCSC(=O)CCC. The smallest absolute Gasteiger partial charge is 0.466 e. The Bertz CT molecular complexity index is 1590. The normalized spacial score (nSPS) is 21.4. The van der Waals surface area contributed by atoms with E-state index in [1.54, 1.807) is 0 Å². The van der Waals surface area contributed by atoms with Crippen LogP contribution in [0.25, 0.3) is 0 Å². The molecule has 0 heterocycles. The Balaban J connectivity index is 2.89. The minimum Gasteiger partial charge on any atom is -0.466 e.